The van der Waals surface area contributed by atoms with Crippen LogP contribution in [0.2, 0.25) is 0 Å². The molecule has 25 heavy (non-hydrogen) atoms. The van der Waals surface area contributed by atoms with Crippen molar-refractivity contribution in [2.75, 3.05) is 21.3 Å². The number of nitrogens with zero attached hydrogens (tertiary/aromatic N) is 1. The van der Waals surface area contributed by atoms with Gasteiger partial charge in [-0.3, -0.25) is 4.79 Å². The number of rotatable bonds is 5. The maximum Gasteiger partial charge on any atom is 0.275 e. The van der Waals surface area contributed by atoms with Gasteiger partial charge in [0.2, 0.25) is 0 Å². The number of carbonyl (C=O) groups excluding carboxylic acids is 1. The van der Waals surface area contributed by atoms with Crippen LogP contribution in [-0.2, 0) is 4.79 Å². The van der Waals surface area contributed by atoms with E-state index in [4.69, 9.17) is 14.2 Å². The van der Waals surface area contributed by atoms with Crippen LogP contribution in [0, 0.1) is 0 Å². The maximum absolute atomic E-state index is 12.2. The molecule has 3 rings (SSSR count). The second-order valence-electron chi connectivity index (χ2n) is 5.26. The molecule has 0 fully saturated rings. The molecule has 2 aromatic carbocycles. The van der Waals surface area contributed by atoms with Crippen molar-refractivity contribution in [2.24, 2.45) is 4.99 Å². The second kappa shape index (κ2) is 7.09. The molecule has 0 aromatic heterocycles. The molecule has 6 heteroatoms. The van der Waals surface area contributed by atoms with Crippen molar-refractivity contribution in [1.82, 2.24) is 5.32 Å². The minimum Gasteiger partial charge on any atom is -0.496 e. The third kappa shape index (κ3) is 3.33. The first kappa shape index (κ1) is 16.6. The fourth-order valence-corrected chi connectivity index (χ4v) is 2.54. The quantitative estimate of drug-likeness (QED) is 0.851. The first-order chi connectivity index (χ1) is 12.2. The molecule has 0 radical (unpaired) electrons. The zero-order valence-corrected chi connectivity index (χ0v) is 14.2. The molecule has 0 atom stereocenters. The van der Waals surface area contributed by atoms with E-state index in [1.165, 1.54) is 0 Å². The van der Waals surface area contributed by atoms with Gasteiger partial charge in [-0.05, 0) is 35.9 Å². The van der Waals surface area contributed by atoms with E-state index < -0.39 is 0 Å². The number of ether oxygens (including phenoxy) is 3. The molecule has 0 unspecified atom stereocenters. The van der Waals surface area contributed by atoms with E-state index in [0.29, 0.717) is 28.8 Å². The molecular formula is C19H18N2O4. The average Bonchev–Trinajstić information content (AvgIpc) is 3.01. The zero-order chi connectivity index (χ0) is 17.8. The highest BCUT2D eigenvalue weighted by molar-refractivity contribution is 6.20. The van der Waals surface area contributed by atoms with Crippen LogP contribution in [0.5, 0.6) is 17.2 Å². The number of hydrogen-bond donors (Lipinski definition) is 1. The lowest BCUT2D eigenvalue weighted by atomic mass is 10.1. The van der Waals surface area contributed by atoms with Crippen molar-refractivity contribution < 1.29 is 19.0 Å². The van der Waals surface area contributed by atoms with Gasteiger partial charge in [0.05, 0.1) is 26.9 Å². The number of carbonyl (C=O) groups is 1. The number of amidine groups is 1. The van der Waals surface area contributed by atoms with Crippen LogP contribution in [0.4, 0.5) is 0 Å². The number of hydrogen-bond acceptors (Lipinski definition) is 5. The van der Waals surface area contributed by atoms with Crippen LogP contribution in [0.25, 0.3) is 6.08 Å². The van der Waals surface area contributed by atoms with Crippen LogP contribution < -0.4 is 19.5 Å². The Balaban J connectivity index is 1.96. The third-order valence-electron chi connectivity index (χ3n) is 3.77. The van der Waals surface area contributed by atoms with Gasteiger partial charge in [0.15, 0.2) is 11.5 Å². The van der Waals surface area contributed by atoms with Crippen molar-refractivity contribution >= 4 is 17.8 Å². The molecule has 1 heterocycles. The summed E-state index contributed by atoms with van der Waals surface area (Å²) in [6.45, 7) is 0. The summed E-state index contributed by atoms with van der Waals surface area (Å²) in [7, 11) is 4.72. The van der Waals surface area contributed by atoms with E-state index >= 15 is 0 Å². The van der Waals surface area contributed by atoms with E-state index in [0.717, 1.165) is 11.1 Å². The van der Waals surface area contributed by atoms with Crippen molar-refractivity contribution in [3.63, 3.8) is 0 Å². The summed E-state index contributed by atoms with van der Waals surface area (Å²) >= 11 is 0. The highest BCUT2D eigenvalue weighted by Crippen LogP contribution is 2.29. The lowest BCUT2D eigenvalue weighted by molar-refractivity contribution is -0.115. The summed E-state index contributed by atoms with van der Waals surface area (Å²) in [4.78, 5) is 16.7. The Hall–Kier alpha value is -3.28. The van der Waals surface area contributed by atoms with Crippen LogP contribution in [0.1, 0.15) is 11.1 Å². The number of benzene rings is 2. The van der Waals surface area contributed by atoms with Gasteiger partial charge in [0.1, 0.15) is 17.3 Å². The van der Waals surface area contributed by atoms with E-state index in [1.807, 2.05) is 30.3 Å². The number of methoxy groups -OCH3 is 3. The summed E-state index contributed by atoms with van der Waals surface area (Å²) in [6, 6.07) is 12.8. The Morgan fingerprint density at radius 2 is 1.64 bits per heavy atom. The Morgan fingerprint density at radius 3 is 2.36 bits per heavy atom. The monoisotopic (exact) mass is 338 g/mol. The largest absolute Gasteiger partial charge is 0.496 e. The topological polar surface area (TPSA) is 69.2 Å². The van der Waals surface area contributed by atoms with Gasteiger partial charge in [0.25, 0.3) is 5.91 Å². The summed E-state index contributed by atoms with van der Waals surface area (Å²) in [6.07, 6.45) is 1.69. The van der Waals surface area contributed by atoms with Gasteiger partial charge in [-0.15, -0.1) is 0 Å². The Labute approximate surface area is 145 Å². The average molecular weight is 338 g/mol. The van der Waals surface area contributed by atoms with Crippen molar-refractivity contribution in [1.29, 1.82) is 0 Å². The Bertz CT molecular complexity index is 871. The predicted octanol–water partition coefficient (Wildman–Crippen LogP) is 2.63. The smallest absolute Gasteiger partial charge is 0.275 e. The highest BCUT2D eigenvalue weighted by Gasteiger charge is 2.23. The van der Waals surface area contributed by atoms with E-state index in [-0.39, 0.29) is 5.91 Å². The van der Waals surface area contributed by atoms with E-state index in [2.05, 4.69) is 10.3 Å². The minimum atomic E-state index is -0.268. The first-order valence-corrected chi connectivity index (χ1v) is 7.63. The third-order valence-corrected chi connectivity index (χ3v) is 3.77. The highest BCUT2D eigenvalue weighted by atomic mass is 16.5. The molecule has 128 valence electrons. The molecule has 1 aliphatic heterocycles. The van der Waals surface area contributed by atoms with Crippen LogP contribution >= 0.6 is 0 Å². The molecular weight excluding hydrogens is 320 g/mol. The first-order valence-electron chi connectivity index (χ1n) is 7.63. The molecule has 1 aliphatic rings. The molecule has 0 saturated carbocycles. The van der Waals surface area contributed by atoms with Gasteiger partial charge < -0.3 is 19.5 Å². The van der Waals surface area contributed by atoms with Gasteiger partial charge in [-0.2, -0.15) is 0 Å². The fraction of sp³-hybridized carbons (Fsp3) is 0.158. The maximum atomic E-state index is 12.2. The number of nitrogens with one attached hydrogen (secondary N) is 1. The van der Waals surface area contributed by atoms with Crippen molar-refractivity contribution in [3.05, 3.63) is 59.3 Å². The number of amides is 1. The molecule has 0 saturated heterocycles. The summed E-state index contributed by atoms with van der Waals surface area (Å²) in [5, 5.41) is 2.77. The summed E-state index contributed by atoms with van der Waals surface area (Å²) in [5.41, 5.74) is 1.83. The molecule has 0 spiro atoms. The standard InChI is InChI=1S/C19H18N2O4/c1-23-15-7-5-4-6-13(15)18-20-14(19(22)21-18)10-12-8-9-16(24-2)17(11-12)25-3/h4-11H,1-3H3,(H,20,21,22)/b14-10+. The Morgan fingerprint density at radius 1 is 0.920 bits per heavy atom. The van der Waals surface area contributed by atoms with E-state index in [9.17, 15) is 4.79 Å². The SMILES string of the molecule is COc1ccc(/C=C2/N=C(c3ccccc3OC)NC2=O)cc1OC. The molecule has 6 nitrogen and oxygen atoms in total. The lowest BCUT2D eigenvalue weighted by Crippen LogP contribution is -2.25. The van der Waals surface area contributed by atoms with Crippen LogP contribution in [0.15, 0.2) is 53.2 Å². The summed E-state index contributed by atoms with van der Waals surface area (Å²) in [5.74, 6) is 2.06. The van der Waals surface area contributed by atoms with Gasteiger partial charge >= 0.3 is 0 Å². The Kier molecular flexibility index (Phi) is 4.70. The van der Waals surface area contributed by atoms with Crippen molar-refractivity contribution in [2.45, 2.75) is 0 Å². The number of para-hydroxylation sites is 1. The van der Waals surface area contributed by atoms with Crippen LogP contribution in [-0.4, -0.2) is 33.1 Å². The van der Waals surface area contributed by atoms with Gasteiger partial charge in [-0.25, -0.2) is 4.99 Å². The fourth-order valence-electron chi connectivity index (χ4n) is 2.54. The zero-order valence-electron chi connectivity index (χ0n) is 14.2. The van der Waals surface area contributed by atoms with Crippen LogP contribution in [0.3, 0.4) is 0 Å². The normalized spacial score (nSPS) is 14.9. The minimum absolute atomic E-state index is 0.268. The van der Waals surface area contributed by atoms with Gasteiger partial charge in [-0.1, -0.05) is 18.2 Å². The van der Waals surface area contributed by atoms with E-state index in [1.54, 1.807) is 39.5 Å². The lowest BCUT2D eigenvalue weighted by Gasteiger charge is -2.07. The molecule has 2 aromatic rings. The van der Waals surface area contributed by atoms with Crippen molar-refractivity contribution in [3.8, 4) is 17.2 Å². The van der Waals surface area contributed by atoms with Gasteiger partial charge in [0, 0.05) is 0 Å². The molecule has 0 aliphatic carbocycles. The number of aliphatic imine (C=N–C) groups is 1. The molecule has 1 N–H and O–H groups in total. The summed E-state index contributed by atoms with van der Waals surface area (Å²) < 4.78 is 15.8. The second-order valence-corrected chi connectivity index (χ2v) is 5.26. The predicted molar refractivity (Wildman–Crippen MR) is 95.2 cm³/mol. The molecule has 0 bridgehead atoms. The molecule has 1 amide bonds.